The zero-order chi connectivity index (χ0) is 16.6. The molecule has 126 valence electrons. The van der Waals surface area contributed by atoms with Crippen LogP contribution in [0.3, 0.4) is 0 Å². The molecule has 1 heterocycles. The Morgan fingerprint density at radius 2 is 1.82 bits per heavy atom. The molecule has 0 bridgehead atoms. The Morgan fingerprint density at radius 1 is 1.14 bits per heavy atom. The van der Waals surface area contributed by atoms with Crippen LogP contribution in [0.4, 0.5) is 0 Å². The van der Waals surface area contributed by atoms with Crippen LogP contribution in [-0.2, 0) is 23.8 Å². The maximum Gasteiger partial charge on any atom is 0.303 e. The smallest absolute Gasteiger partial charge is 0.303 e. The highest BCUT2D eigenvalue weighted by molar-refractivity contribution is 5.68. The van der Waals surface area contributed by atoms with Crippen LogP contribution in [0.2, 0.25) is 0 Å². The van der Waals surface area contributed by atoms with Crippen LogP contribution in [0.15, 0.2) is 12.3 Å². The fourth-order valence-corrected chi connectivity index (χ4v) is 2.78. The van der Waals surface area contributed by atoms with E-state index in [0.29, 0.717) is 0 Å². The summed E-state index contributed by atoms with van der Waals surface area (Å²) in [5.41, 5.74) is -0.989. The van der Waals surface area contributed by atoms with E-state index in [-0.39, 0.29) is 6.10 Å². The summed E-state index contributed by atoms with van der Waals surface area (Å²) in [6.07, 6.45) is 8.70. The van der Waals surface area contributed by atoms with Gasteiger partial charge in [-0.25, -0.2) is 0 Å². The fourth-order valence-electron chi connectivity index (χ4n) is 2.78. The van der Waals surface area contributed by atoms with Crippen molar-refractivity contribution in [3.05, 3.63) is 12.3 Å². The molecule has 1 rings (SSSR count). The van der Waals surface area contributed by atoms with Crippen LogP contribution < -0.4 is 0 Å². The number of hydrogen-bond donors (Lipinski definition) is 0. The van der Waals surface area contributed by atoms with Crippen molar-refractivity contribution in [3.8, 4) is 0 Å². The number of unbranched alkanes of at least 4 members (excludes halogenated alkanes) is 4. The van der Waals surface area contributed by atoms with E-state index >= 15 is 0 Å². The van der Waals surface area contributed by atoms with Gasteiger partial charge < -0.3 is 14.2 Å². The van der Waals surface area contributed by atoms with Crippen LogP contribution in [0, 0.1) is 0 Å². The Morgan fingerprint density at radius 3 is 2.41 bits per heavy atom. The number of carbonyl (C=O) groups is 2. The van der Waals surface area contributed by atoms with E-state index in [1.54, 1.807) is 13.0 Å². The van der Waals surface area contributed by atoms with Crippen molar-refractivity contribution < 1.29 is 23.8 Å². The minimum Gasteiger partial charge on any atom is -0.494 e. The molecule has 0 radical (unpaired) electrons. The molecule has 1 aliphatic heterocycles. The molecule has 5 heteroatoms. The molecule has 0 saturated heterocycles. The zero-order valence-corrected chi connectivity index (χ0v) is 14.1. The predicted molar refractivity (Wildman–Crippen MR) is 83.1 cm³/mol. The number of carbonyl (C=O) groups excluding carboxylic acids is 2. The summed E-state index contributed by atoms with van der Waals surface area (Å²) < 4.78 is 16.5. The van der Waals surface area contributed by atoms with Gasteiger partial charge in [-0.15, -0.1) is 0 Å². The molecule has 0 N–H and O–H groups in total. The maximum absolute atomic E-state index is 11.5. The van der Waals surface area contributed by atoms with Gasteiger partial charge in [-0.05, 0) is 25.8 Å². The van der Waals surface area contributed by atoms with Gasteiger partial charge in [0.25, 0.3) is 0 Å². The lowest BCUT2D eigenvalue weighted by Crippen LogP contribution is -2.55. The molecule has 5 nitrogen and oxygen atoms in total. The largest absolute Gasteiger partial charge is 0.494 e. The van der Waals surface area contributed by atoms with Crippen LogP contribution in [0.5, 0.6) is 0 Å². The quantitative estimate of drug-likeness (QED) is 0.507. The van der Waals surface area contributed by atoms with Gasteiger partial charge in [0.05, 0.1) is 6.26 Å². The van der Waals surface area contributed by atoms with Crippen molar-refractivity contribution in [2.75, 3.05) is 0 Å². The van der Waals surface area contributed by atoms with Crippen molar-refractivity contribution in [2.24, 2.45) is 0 Å². The standard InChI is InChI=1S/C17H28O5/c1-5-6-7-8-9-10-15-17(4,22-14(3)19)16(11-12-20-15)21-13(2)18/h11-12,15-16H,5-10H2,1-4H3/t15-,16+,17+/m1/s1. The molecule has 0 aromatic heterocycles. The third-order valence-corrected chi connectivity index (χ3v) is 3.93. The topological polar surface area (TPSA) is 61.8 Å². The molecule has 0 unspecified atom stereocenters. The van der Waals surface area contributed by atoms with Crippen LogP contribution in [0.25, 0.3) is 0 Å². The lowest BCUT2D eigenvalue weighted by molar-refractivity contribution is -0.199. The number of hydrogen-bond acceptors (Lipinski definition) is 5. The van der Waals surface area contributed by atoms with Gasteiger partial charge in [-0.3, -0.25) is 9.59 Å². The van der Waals surface area contributed by atoms with Crippen molar-refractivity contribution in [2.45, 2.75) is 84.0 Å². The van der Waals surface area contributed by atoms with Gasteiger partial charge in [0.2, 0.25) is 0 Å². The predicted octanol–water partition coefficient (Wildman–Crippen LogP) is 3.51. The van der Waals surface area contributed by atoms with E-state index in [0.717, 1.165) is 19.3 Å². The normalized spacial score (nSPS) is 27.1. The summed E-state index contributed by atoms with van der Waals surface area (Å²) in [7, 11) is 0. The average molecular weight is 312 g/mol. The Labute approximate surface area is 133 Å². The van der Waals surface area contributed by atoms with Gasteiger partial charge in [0.15, 0.2) is 11.7 Å². The van der Waals surface area contributed by atoms with E-state index in [2.05, 4.69) is 6.92 Å². The zero-order valence-electron chi connectivity index (χ0n) is 14.1. The summed E-state index contributed by atoms with van der Waals surface area (Å²) in [5.74, 6) is -0.814. The lowest BCUT2D eigenvalue weighted by atomic mass is 9.86. The second-order valence-corrected chi connectivity index (χ2v) is 5.96. The molecule has 0 aromatic rings. The molecule has 0 aromatic carbocycles. The van der Waals surface area contributed by atoms with Crippen molar-refractivity contribution >= 4 is 11.9 Å². The Balaban J connectivity index is 2.73. The highest BCUT2D eigenvalue weighted by Crippen LogP contribution is 2.33. The van der Waals surface area contributed by atoms with Crippen LogP contribution in [0.1, 0.15) is 66.2 Å². The monoisotopic (exact) mass is 312 g/mol. The minimum absolute atomic E-state index is 0.313. The van der Waals surface area contributed by atoms with Crippen molar-refractivity contribution in [1.29, 1.82) is 0 Å². The second kappa shape index (κ2) is 8.81. The molecule has 1 aliphatic rings. The van der Waals surface area contributed by atoms with Gasteiger partial charge in [-0.2, -0.15) is 0 Å². The Bertz CT molecular complexity index is 404. The summed E-state index contributed by atoms with van der Waals surface area (Å²) in [5, 5.41) is 0. The third-order valence-electron chi connectivity index (χ3n) is 3.93. The number of ether oxygens (including phenoxy) is 3. The summed E-state index contributed by atoms with van der Waals surface area (Å²) in [4.78, 5) is 22.8. The van der Waals surface area contributed by atoms with Gasteiger partial charge in [0.1, 0.15) is 6.10 Å². The van der Waals surface area contributed by atoms with Gasteiger partial charge in [0, 0.05) is 13.8 Å². The first-order valence-corrected chi connectivity index (χ1v) is 8.09. The average Bonchev–Trinajstić information content (AvgIpc) is 2.41. The Hall–Kier alpha value is -1.52. The number of rotatable bonds is 8. The van der Waals surface area contributed by atoms with Gasteiger partial charge in [-0.1, -0.05) is 32.6 Å². The summed E-state index contributed by atoms with van der Waals surface area (Å²) in [6, 6.07) is 0. The fraction of sp³-hybridized carbons (Fsp3) is 0.765. The number of esters is 2. The van der Waals surface area contributed by atoms with E-state index in [1.165, 1.54) is 39.4 Å². The van der Waals surface area contributed by atoms with E-state index in [4.69, 9.17) is 14.2 Å². The highest BCUT2D eigenvalue weighted by atomic mass is 16.6. The van der Waals surface area contributed by atoms with Gasteiger partial charge >= 0.3 is 11.9 Å². The van der Waals surface area contributed by atoms with E-state index in [9.17, 15) is 9.59 Å². The van der Waals surface area contributed by atoms with Crippen molar-refractivity contribution in [3.63, 3.8) is 0 Å². The lowest BCUT2D eigenvalue weighted by Gasteiger charge is -2.42. The van der Waals surface area contributed by atoms with E-state index in [1.807, 2.05) is 0 Å². The first-order chi connectivity index (χ1) is 10.4. The summed E-state index contributed by atoms with van der Waals surface area (Å²) >= 11 is 0. The minimum atomic E-state index is -0.989. The van der Waals surface area contributed by atoms with Crippen molar-refractivity contribution in [1.82, 2.24) is 0 Å². The molecule has 3 atom stereocenters. The molecule has 0 aliphatic carbocycles. The Kier molecular flexibility index (Phi) is 7.42. The molecule has 22 heavy (non-hydrogen) atoms. The summed E-state index contributed by atoms with van der Waals surface area (Å²) in [6.45, 7) is 6.64. The molecular formula is C17H28O5. The third kappa shape index (κ3) is 5.35. The molecular weight excluding hydrogens is 284 g/mol. The molecule has 0 fully saturated rings. The van der Waals surface area contributed by atoms with Crippen LogP contribution in [-0.4, -0.2) is 29.7 Å². The highest BCUT2D eigenvalue weighted by Gasteiger charge is 2.48. The van der Waals surface area contributed by atoms with Crippen LogP contribution >= 0.6 is 0 Å². The van der Waals surface area contributed by atoms with E-state index < -0.39 is 23.6 Å². The first-order valence-electron chi connectivity index (χ1n) is 8.09. The first kappa shape index (κ1) is 18.5. The molecule has 0 saturated carbocycles. The molecule has 0 amide bonds. The maximum atomic E-state index is 11.5. The molecule has 0 spiro atoms. The second-order valence-electron chi connectivity index (χ2n) is 5.96. The SMILES string of the molecule is CCCCCCC[C@H]1OC=C[C@H](OC(C)=O)[C@@]1(C)OC(C)=O.